The minimum absolute atomic E-state index is 0.111. The van der Waals surface area contributed by atoms with Gasteiger partial charge in [-0.3, -0.25) is 15.1 Å². The van der Waals surface area contributed by atoms with Crippen LogP contribution in [-0.4, -0.2) is 27.8 Å². The van der Waals surface area contributed by atoms with Crippen molar-refractivity contribution in [3.63, 3.8) is 0 Å². The number of phenolic OH excluding ortho intramolecular Hbond substituents is 1. The van der Waals surface area contributed by atoms with Gasteiger partial charge in [-0.15, -0.1) is 0 Å². The Morgan fingerprint density at radius 1 is 0.738 bits per heavy atom. The second kappa shape index (κ2) is 10.7. The number of nitrogens with zero attached hydrogens (tertiary/aromatic N) is 2. The summed E-state index contributed by atoms with van der Waals surface area (Å²) in [5.74, 6) is -1.46. The Morgan fingerprint density at radius 3 is 2.26 bits per heavy atom. The number of carbonyl (C=O) groups excluding carboxylic acids is 1. The van der Waals surface area contributed by atoms with Gasteiger partial charge in [-0.25, -0.2) is 4.79 Å². The zero-order valence-electron chi connectivity index (χ0n) is 23.0. The zero-order chi connectivity index (χ0) is 29.4. The lowest BCUT2D eigenvalue weighted by Crippen LogP contribution is -2.26. The molecule has 206 valence electrons. The van der Waals surface area contributed by atoms with Crippen molar-refractivity contribution in [1.29, 1.82) is 0 Å². The van der Waals surface area contributed by atoms with Crippen molar-refractivity contribution in [2.75, 3.05) is 10.3 Å². The van der Waals surface area contributed by atoms with E-state index in [4.69, 9.17) is 0 Å². The van der Waals surface area contributed by atoms with Gasteiger partial charge in [-0.2, -0.15) is 5.10 Å². The summed E-state index contributed by atoms with van der Waals surface area (Å²) in [7, 11) is 0. The second-order valence-corrected chi connectivity index (χ2v) is 10.2. The highest BCUT2D eigenvalue weighted by Gasteiger charge is 2.36. The highest BCUT2D eigenvalue weighted by atomic mass is 16.4. The molecule has 0 aliphatic carbocycles. The van der Waals surface area contributed by atoms with Gasteiger partial charge in [-0.05, 0) is 84.1 Å². The van der Waals surface area contributed by atoms with Gasteiger partial charge in [0.25, 0.3) is 5.91 Å². The van der Waals surface area contributed by atoms with Gasteiger partial charge >= 0.3 is 5.97 Å². The van der Waals surface area contributed by atoms with Crippen LogP contribution in [0, 0.1) is 13.8 Å². The number of rotatable bonds is 6. The van der Waals surface area contributed by atoms with Crippen molar-refractivity contribution in [3.8, 4) is 28.0 Å². The molecule has 7 heteroatoms. The summed E-state index contributed by atoms with van der Waals surface area (Å²) in [5, 5.41) is 25.0. The average molecular weight is 554 g/mol. The molecular formula is C35H27N3O4. The van der Waals surface area contributed by atoms with Gasteiger partial charge in [0, 0.05) is 16.8 Å². The molecular weight excluding hydrogens is 526 g/mol. The van der Waals surface area contributed by atoms with Crippen LogP contribution in [-0.2, 0) is 4.79 Å². The van der Waals surface area contributed by atoms with E-state index in [1.807, 2.05) is 80.6 Å². The molecule has 0 unspecified atom stereocenters. The third-order valence-electron chi connectivity index (χ3n) is 7.50. The molecule has 5 aromatic rings. The summed E-state index contributed by atoms with van der Waals surface area (Å²) >= 11 is 0. The number of aryl methyl sites for hydroxylation is 2. The Balaban J connectivity index is 1.41. The molecule has 0 fully saturated rings. The Hall–Kier alpha value is -5.69. The van der Waals surface area contributed by atoms with E-state index < -0.39 is 5.97 Å². The largest absolute Gasteiger partial charge is 0.505 e. The van der Waals surface area contributed by atoms with Crippen LogP contribution in [0.5, 0.6) is 5.75 Å². The highest BCUT2D eigenvalue weighted by Crippen LogP contribution is 2.40. The van der Waals surface area contributed by atoms with Crippen LogP contribution in [0.4, 0.5) is 17.1 Å². The summed E-state index contributed by atoms with van der Waals surface area (Å²) in [6.07, 6.45) is 0. The van der Waals surface area contributed by atoms with E-state index >= 15 is 0 Å². The maximum atomic E-state index is 13.9. The van der Waals surface area contributed by atoms with E-state index in [9.17, 15) is 19.8 Å². The number of aromatic hydroxyl groups is 1. The van der Waals surface area contributed by atoms with Crippen LogP contribution in [0.15, 0.2) is 114 Å². The summed E-state index contributed by atoms with van der Waals surface area (Å²) in [6, 6.07) is 33.1. The number of para-hydroxylation sites is 1. The average Bonchev–Trinajstić information content (AvgIpc) is 3.28. The Labute approximate surface area is 243 Å². The number of fused-ring (bicyclic) bond motifs is 1. The van der Waals surface area contributed by atoms with Crippen LogP contribution >= 0.6 is 0 Å². The number of carbonyl (C=O) groups is 2. The first-order valence-electron chi connectivity index (χ1n) is 13.4. The normalized spacial score (nSPS) is 13.3. The number of aromatic carboxylic acids is 1. The third kappa shape index (κ3) is 4.77. The minimum atomic E-state index is -1.06. The lowest BCUT2D eigenvalue weighted by molar-refractivity contribution is -0.111. The molecule has 1 heterocycles. The van der Waals surface area contributed by atoms with Gasteiger partial charge in [0.05, 0.1) is 16.9 Å². The number of hydrogen-bond donors (Lipinski definition) is 3. The van der Waals surface area contributed by atoms with Crippen LogP contribution in [0.3, 0.4) is 0 Å². The maximum absolute atomic E-state index is 13.9. The maximum Gasteiger partial charge on any atom is 0.335 e. The molecule has 0 atom stereocenters. The summed E-state index contributed by atoms with van der Waals surface area (Å²) in [6.45, 7) is 4.04. The number of carboxylic acid groups (broad SMARTS) is 1. The Kier molecular flexibility index (Phi) is 6.76. The van der Waals surface area contributed by atoms with Crippen LogP contribution in [0.2, 0.25) is 0 Å². The van der Waals surface area contributed by atoms with Crippen molar-refractivity contribution in [2.45, 2.75) is 13.8 Å². The van der Waals surface area contributed by atoms with Gasteiger partial charge in [0.15, 0.2) is 5.71 Å². The predicted octanol–water partition coefficient (Wildman–Crippen LogP) is 7.54. The summed E-state index contributed by atoms with van der Waals surface area (Å²) in [5.41, 5.74) is 10.8. The molecule has 0 saturated carbocycles. The van der Waals surface area contributed by atoms with E-state index in [1.54, 1.807) is 35.2 Å². The number of hydrazone groups is 1. The molecule has 6 rings (SSSR count). The van der Waals surface area contributed by atoms with Gasteiger partial charge in [0.2, 0.25) is 0 Å². The molecule has 5 aromatic carbocycles. The van der Waals surface area contributed by atoms with Gasteiger partial charge in [-0.1, -0.05) is 66.7 Å². The monoisotopic (exact) mass is 553 g/mol. The van der Waals surface area contributed by atoms with Crippen molar-refractivity contribution in [2.24, 2.45) is 5.10 Å². The number of amides is 1. The van der Waals surface area contributed by atoms with Crippen LogP contribution < -0.4 is 10.3 Å². The summed E-state index contributed by atoms with van der Waals surface area (Å²) < 4.78 is 0. The van der Waals surface area contributed by atoms with Crippen LogP contribution in [0.25, 0.3) is 22.3 Å². The highest BCUT2D eigenvalue weighted by molar-refractivity contribution is 6.55. The first-order valence-corrected chi connectivity index (χ1v) is 13.4. The predicted molar refractivity (Wildman–Crippen MR) is 166 cm³/mol. The summed E-state index contributed by atoms with van der Waals surface area (Å²) in [4.78, 5) is 27.1. The number of benzene rings is 5. The zero-order valence-corrected chi connectivity index (χ0v) is 23.0. The molecule has 0 aromatic heterocycles. The number of anilines is 3. The fraction of sp³-hybridized carbons (Fsp3) is 0.0571. The van der Waals surface area contributed by atoms with Crippen molar-refractivity contribution in [3.05, 3.63) is 131 Å². The van der Waals surface area contributed by atoms with E-state index in [-0.39, 0.29) is 28.6 Å². The van der Waals surface area contributed by atoms with Gasteiger partial charge in [0.1, 0.15) is 5.75 Å². The topological polar surface area (TPSA) is 102 Å². The molecule has 1 aliphatic rings. The molecule has 7 nitrogen and oxygen atoms in total. The Bertz CT molecular complexity index is 1900. The number of nitrogens with one attached hydrogen (secondary N) is 1. The number of phenols is 1. The minimum Gasteiger partial charge on any atom is -0.505 e. The first-order chi connectivity index (χ1) is 20.3. The molecule has 3 N–H and O–H groups in total. The van der Waals surface area contributed by atoms with E-state index in [0.717, 1.165) is 27.9 Å². The lowest BCUT2D eigenvalue weighted by Gasteiger charge is -2.19. The fourth-order valence-corrected chi connectivity index (χ4v) is 5.09. The number of carboxylic acids is 1. The van der Waals surface area contributed by atoms with E-state index in [2.05, 4.69) is 10.5 Å². The molecule has 0 spiro atoms. The second-order valence-electron chi connectivity index (χ2n) is 10.2. The molecule has 0 saturated heterocycles. The molecule has 0 radical (unpaired) electrons. The lowest BCUT2D eigenvalue weighted by atomic mass is 10.0. The van der Waals surface area contributed by atoms with Crippen molar-refractivity contribution >= 4 is 34.7 Å². The molecule has 1 amide bonds. The standard InChI is InChI=1S/C35H27N3O4/c1-21-14-16-27(18-22(21)2)38-31-20-24(23-8-4-3-5-9-23)15-17-29(31)32(34(38)40)37-36-30-13-7-12-28(33(30)39)25-10-6-11-26(19-25)35(41)42/h3-20,36,39H,1-2H3,(H,41,42). The van der Waals surface area contributed by atoms with Crippen LogP contribution in [0.1, 0.15) is 27.0 Å². The molecule has 42 heavy (non-hydrogen) atoms. The number of hydrogen-bond acceptors (Lipinski definition) is 5. The molecule has 0 bridgehead atoms. The SMILES string of the molecule is Cc1ccc(N2C(=O)C(=NNc3cccc(-c4cccc(C(=O)O)c4)c3O)c3ccc(-c4ccccc4)cc32)cc1C. The molecule has 1 aliphatic heterocycles. The smallest absolute Gasteiger partial charge is 0.335 e. The van der Waals surface area contributed by atoms with E-state index in [0.29, 0.717) is 22.4 Å². The van der Waals surface area contributed by atoms with Crippen molar-refractivity contribution < 1.29 is 19.8 Å². The fourth-order valence-electron chi connectivity index (χ4n) is 5.09. The third-order valence-corrected chi connectivity index (χ3v) is 7.50. The van der Waals surface area contributed by atoms with Crippen molar-refractivity contribution in [1.82, 2.24) is 0 Å². The Morgan fingerprint density at radius 2 is 1.50 bits per heavy atom. The van der Waals surface area contributed by atoms with E-state index in [1.165, 1.54) is 12.1 Å². The first kappa shape index (κ1) is 26.5. The quantitative estimate of drug-likeness (QED) is 0.149. The van der Waals surface area contributed by atoms with Gasteiger partial charge < -0.3 is 10.2 Å².